The number of ether oxygens (including phenoxy) is 2. The van der Waals surface area contributed by atoms with Crippen LogP contribution < -0.4 is 5.32 Å². The smallest absolute Gasteiger partial charge is 0.350 e. The van der Waals surface area contributed by atoms with Crippen LogP contribution in [0.15, 0.2) is 21.4 Å². The summed E-state index contributed by atoms with van der Waals surface area (Å²) in [7, 11) is 0. The Morgan fingerprint density at radius 3 is 2.78 bits per heavy atom. The Balaban J connectivity index is 2.77. The molecule has 1 rings (SSSR count). The molecule has 0 saturated carbocycles. The van der Waals surface area contributed by atoms with Gasteiger partial charge in [0, 0.05) is 23.4 Å². The average molecular weight is 402 g/mol. The standard InChI is InChI=1S/C15H20BrN3O3S/c1-4-21-5-6-22-14(20)12(7-17)13(10(2)3)18-8-11-9-19-15(16)23-11/h9-10,18H,4-6,8H2,1-3H3/b13-12-. The number of nitrogens with zero attached hydrogens (tertiary/aromatic N) is 2. The maximum atomic E-state index is 12.1. The van der Waals surface area contributed by atoms with E-state index in [0.29, 0.717) is 25.5 Å². The molecule has 0 aliphatic carbocycles. The van der Waals surface area contributed by atoms with Crippen molar-refractivity contribution < 1.29 is 14.3 Å². The van der Waals surface area contributed by atoms with Crippen LogP contribution in [-0.2, 0) is 20.8 Å². The topological polar surface area (TPSA) is 84.2 Å². The lowest BCUT2D eigenvalue weighted by Crippen LogP contribution is -2.23. The zero-order chi connectivity index (χ0) is 17.2. The maximum absolute atomic E-state index is 12.1. The number of esters is 1. The third kappa shape index (κ3) is 6.69. The number of nitrogens with one attached hydrogen (secondary N) is 1. The first-order chi connectivity index (χ1) is 11.0. The number of carbonyl (C=O) groups excluding carboxylic acids is 1. The molecule has 6 nitrogen and oxygen atoms in total. The molecule has 0 unspecified atom stereocenters. The number of allylic oxidation sites excluding steroid dienone is 1. The number of aromatic nitrogens is 1. The fourth-order valence-electron chi connectivity index (χ4n) is 1.75. The second-order valence-corrected chi connectivity index (χ2v) is 7.21. The van der Waals surface area contributed by atoms with Gasteiger partial charge in [-0.1, -0.05) is 13.8 Å². The Hall–Kier alpha value is -1.43. The number of nitriles is 1. The second-order valence-electron chi connectivity index (χ2n) is 4.82. The van der Waals surface area contributed by atoms with Gasteiger partial charge in [0.2, 0.25) is 0 Å². The van der Waals surface area contributed by atoms with E-state index in [9.17, 15) is 10.1 Å². The molecule has 0 aliphatic rings. The lowest BCUT2D eigenvalue weighted by Gasteiger charge is -2.15. The molecule has 0 aromatic carbocycles. The molecule has 8 heteroatoms. The van der Waals surface area contributed by atoms with Crippen molar-refractivity contribution in [1.29, 1.82) is 5.26 Å². The molecule has 23 heavy (non-hydrogen) atoms. The van der Waals surface area contributed by atoms with E-state index in [2.05, 4.69) is 26.2 Å². The summed E-state index contributed by atoms with van der Waals surface area (Å²) in [5.41, 5.74) is 0.568. The molecular formula is C15H20BrN3O3S. The van der Waals surface area contributed by atoms with Crippen LogP contribution in [-0.4, -0.2) is 30.8 Å². The second kappa shape index (κ2) is 10.4. The summed E-state index contributed by atoms with van der Waals surface area (Å²) in [6, 6.07) is 1.95. The first-order valence-corrected chi connectivity index (χ1v) is 8.83. The summed E-state index contributed by atoms with van der Waals surface area (Å²) in [5, 5.41) is 12.5. The van der Waals surface area contributed by atoms with E-state index >= 15 is 0 Å². The van der Waals surface area contributed by atoms with Gasteiger partial charge in [-0.15, -0.1) is 11.3 Å². The average Bonchev–Trinajstić information content (AvgIpc) is 2.92. The molecule has 0 fully saturated rings. The van der Waals surface area contributed by atoms with Crippen LogP contribution in [0.5, 0.6) is 0 Å². The van der Waals surface area contributed by atoms with E-state index in [1.807, 2.05) is 26.8 Å². The van der Waals surface area contributed by atoms with Gasteiger partial charge in [0.25, 0.3) is 0 Å². The zero-order valence-corrected chi connectivity index (χ0v) is 15.8. The Morgan fingerprint density at radius 2 is 2.26 bits per heavy atom. The van der Waals surface area contributed by atoms with Gasteiger partial charge in [-0.05, 0) is 28.8 Å². The predicted molar refractivity (Wildman–Crippen MR) is 91.6 cm³/mol. The monoisotopic (exact) mass is 401 g/mol. The third-order valence-corrected chi connectivity index (χ3v) is 4.28. The largest absolute Gasteiger partial charge is 0.459 e. The predicted octanol–water partition coefficient (Wildman–Crippen LogP) is 3.01. The van der Waals surface area contributed by atoms with Crippen LogP contribution in [0.4, 0.5) is 0 Å². The third-order valence-electron chi connectivity index (χ3n) is 2.81. The molecule has 0 bridgehead atoms. The van der Waals surface area contributed by atoms with Crippen molar-refractivity contribution in [2.45, 2.75) is 27.3 Å². The highest BCUT2D eigenvalue weighted by molar-refractivity contribution is 9.11. The molecule has 0 radical (unpaired) electrons. The van der Waals surface area contributed by atoms with Gasteiger partial charge in [-0.25, -0.2) is 9.78 Å². The Bertz CT molecular complexity index is 593. The number of hydrogen-bond donors (Lipinski definition) is 1. The number of hydrogen-bond acceptors (Lipinski definition) is 7. The van der Waals surface area contributed by atoms with Gasteiger partial charge in [-0.2, -0.15) is 5.26 Å². The molecule has 0 atom stereocenters. The molecule has 0 aliphatic heterocycles. The van der Waals surface area contributed by atoms with Crippen LogP contribution in [0.25, 0.3) is 0 Å². The molecule has 1 N–H and O–H groups in total. The van der Waals surface area contributed by atoms with Gasteiger partial charge in [0.05, 0.1) is 13.2 Å². The fraction of sp³-hybridized carbons (Fsp3) is 0.533. The fourth-order valence-corrected chi connectivity index (χ4v) is 3.05. The summed E-state index contributed by atoms with van der Waals surface area (Å²) in [6.45, 7) is 7.19. The molecule has 0 saturated heterocycles. The summed E-state index contributed by atoms with van der Waals surface area (Å²) in [6.07, 6.45) is 1.74. The highest BCUT2D eigenvalue weighted by Crippen LogP contribution is 2.20. The molecule has 126 valence electrons. The van der Waals surface area contributed by atoms with Crippen molar-refractivity contribution >= 4 is 33.2 Å². The van der Waals surface area contributed by atoms with Gasteiger partial charge in [0.1, 0.15) is 12.7 Å². The summed E-state index contributed by atoms with van der Waals surface area (Å²) in [5.74, 6) is -0.644. The van der Waals surface area contributed by atoms with Crippen molar-refractivity contribution in [3.63, 3.8) is 0 Å². The van der Waals surface area contributed by atoms with E-state index in [-0.39, 0.29) is 18.1 Å². The van der Waals surface area contributed by atoms with E-state index in [4.69, 9.17) is 9.47 Å². The van der Waals surface area contributed by atoms with Gasteiger partial charge >= 0.3 is 5.97 Å². The van der Waals surface area contributed by atoms with Crippen LogP contribution in [0.1, 0.15) is 25.6 Å². The molecule has 1 aromatic heterocycles. The van der Waals surface area contributed by atoms with E-state index < -0.39 is 5.97 Å². The van der Waals surface area contributed by atoms with Gasteiger partial charge < -0.3 is 14.8 Å². The Labute approximate surface area is 148 Å². The first kappa shape index (κ1) is 19.6. The minimum Gasteiger partial charge on any atom is -0.459 e. The lowest BCUT2D eigenvalue weighted by molar-refractivity contribution is -0.140. The minimum atomic E-state index is -0.631. The SMILES string of the molecule is CCOCCOC(=O)/C(C#N)=C(\NCc1cnc(Br)s1)C(C)C. The van der Waals surface area contributed by atoms with Gasteiger partial charge in [-0.3, -0.25) is 0 Å². The van der Waals surface area contributed by atoms with Crippen molar-refractivity contribution in [1.82, 2.24) is 10.3 Å². The summed E-state index contributed by atoms with van der Waals surface area (Å²) >= 11 is 4.80. The highest BCUT2D eigenvalue weighted by Gasteiger charge is 2.19. The van der Waals surface area contributed by atoms with Gasteiger partial charge in [0.15, 0.2) is 9.49 Å². The Kier molecular flexibility index (Phi) is 8.84. The zero-order valence-electron chi connectivity index (χ0n) is 13.4. The molecule has 0 spiro atoms. The number of halogens is 1. The molecule has 0 amide bonds. The first-order valence-electron chi connectivity index (χ1n) is 7.22. The van der Waals surface area contributed by atoms with Crippen molar-refractivity contribution in [2.24, 2.45) is 5.92 Å². The quantitative estimate of drug-likeness (QED) is 0.296. The highest BCUT2D eigenvalue weighted by atomic mass is 79.9. The molecule has 1 heterocycles. The number of carbonyl (C=O) groups is 1. The number of thiazole rings is 1. The summed E-state index contributed by atoms with van der Waals surface area (Å²) < 4.78 is 11.0. The van der Waals surface area contributed by atoms with Crippen molar-refractivity contribution in [3.8, 4) is 6.07 Å². The maximum Gasteiger partial charge on any atom is 0.350 e. The van der Waals surface area contributed by atoms with E-state index in [1.54, 1.807) is 6.20 Å². The Morgan fingerprint density at radius 1 is 1.52 bits per heavy atom. The summed E-state index contributed by atoms with van der Waals surface area (Å²) in [4.78, 5) is 17.2. The van der Waals surface area contributed by atoms with Crippen LogP contribution in [0.3, 0.4) is 0 Å². The van der Waals surface area contributed by atoms with Crippen LogP contribution in [0, 0.1) is 17.2 Å². The van der Waals surface area contributed by atoms with Crippen LogP contribution in [0.2, 0.25) is 0 Å². The van der Waals surface area contributed by atoms with Crippen LogP contribution >= 0.6 is 27.3 Å². The molecule has 1 aromatic rings. The van der Waals surface area contributed by atoms with Crippen molar-refractivity contribution in [3.05, 3.63) is 26.3 Å². The minimum absolute atomic E-state index is 0.0000736. The van der Waals surface area contributed by atoms with E-state index in [1.165, 1.54) is 11.3 Å². The van der Waals surface area contributed by atoms with Crippen molar-refractivity contribution in [2.75, 3.05) is 19.8 Å². The molecular weight excluding hydrogens is 382 g/mol. The van der Waals surface area contributed by atoms with E-state index in [0.717, 1.165) is 8.79 Å². The lowest BCUT2D eigenvalue weighted by atomic mass is 10.0. The normalized spacial score (nSPS) is 11.8. The number of rotatable bonds is 9.